The van der Waals surface area contributed by atoms with Gasteiger partial charge in [-0.1, -0.05) is 12.1 Å². The number of anilines is 1. The van der Waals surface area contributed by atoms with Crippen LogP contribution < -0.4 is 10.9 Å². The Bertz CT molecular complexity index is 940. The van der Waals surface area contributed by atoms with Crippen LogP contribution in [0.1, 0.15) is 23.4 Å². The molecule has 1 amide bonds. The number of benzene rings is 1. The highest BCUT2D eigenvalue weighted by Crippen LogP contribution is 2.17. The van der Waals surface area contributed by atoms with E-state index in [4.69, 9.17) is 4.42 Å². The lowest BCUT2D eigenvalue weighted by atomic mass is 10.0. The van der Waals surface area contributed by atoms with E-state index in [1.165, 1.54) is 6.26 Å². The quantitative estimate of drug-likeness (QED) is 0.764. The summed E-state index contributed by atoms with van der Waals surface area (Å²) in [5.41, 5.74) is 0.512. The molecule has 3 heterocycles. The molecule has 0 bridgehead atoms. The number of hydrogen-bond acceptors (Lipinski definition) is 5. The molecule has 3 aromatic rings. The number of piperidine rings is 1. The number of rotatable bonds is 3. The molecule has 1 aliphatic rings. The van der Waals surface area contributed by atoms with Crippen molar-refractivity contribution in [2.24, 2.45) is 0 Å². The minimum Gasteiger partial charge on any atom is -0.459 e. The van der Waals surface area contributed by atoms with E-state index in [0.717, 1.165) is 12.8 Å². The number of carbonyl (C=O) groups excluding carboxylic acids is 1. The topological polar surface area (TPSA) is 91.2 Å². The van der Waals surface area contributed by atoms with Gasteiger partial charge in [-0.05, 0) is 37.1 Å². The van der Waals surface area contributed by atoms with E-state index < -0.39 is 0 Å². The standard InChI is InChI=1S/C18H18N4O3/c23-16-13-4-1-2-5-14(13)20-18(21-16)19-12-7-9-22(10-8-12)17(24)15-6-3-11-25-15/h1-6,11-12H,7-10H2,(H2,19,20,21,23). The van der Waals surface area contributed by atoms with E-state index in [-0.39, 0.29) is 17.5 Å². The van der Waals surface area contributed by atoms with E-state index in [2.05, 4.69) is 15.3 Å². The van der Waals surface area contributed by atoms with E-state index in [1.807, 2.05) is 18.2 Å². The fourth-order valence-electron chi connectivity index (χ4n) is 3.13. The summed E-state index contributed by atoms with van der Waals surface area (Å²) in [4.78, 5) is 33.4. The molecule has 1 fully saturated rings. The van der Waals surface area contributed by atoms with Crippen molar-refractivity contribution in [2.45, 2.75) is 18.9 Å². The number of nitrogens with one attached hydrogen (secondary N) is 2. The van der Waals surface area contributed by atoms with Crippen molar-refractivity contribution < 1.29 is 9.21 Å². The molecule has 2 aromatic heterocycles. The van der Waals surface area contributed by atoms with Crippen LogP contribution >= 0.6 is 0 Å². The monoisotopic (exact) mass is 338 g/mol. The third kappa shape index (κ3) is 3.13. The Morgan fingerprint density at radius 1 is 1.20 bits per heavy atom. The van der Waals surface area contributed by atoms with Crippen LogP contribution in [0.4, 0.5) is 5.95 Å². The predicted molar refractivity (Wildman–Crippen MR) is 93.6 cm³/mol. The number of amides is 1. The summed E-state index contributed by atoms with van der Waals surface area (Å²) in [5.74, 6) is 0.757. The number of fused-ring (bicyclic) bond motifs is 1. The van der Waals surface area contributed by atoms with Crippen molar-refractivity contribution in [3.05, 3.63) is 58.8 Å². The van der Waals surface area contributed by atoms with Crippen LogP contribution in [0, 0.1) is 0 Å². The normalized spacial score (nSPS) is 15.4. The lowest BCUT2D eigenvalue weighted by Gasteiger charge is -2.32. The van der Waals surface area contributed by atoms with Gasteiger partial charge in [-0.2, -0.15) is 0 Å². The molecular formula is C18H18N4O3. The Morgan fingerprint density at radius 3 is 2.76 bits per heavy atom. The van der Waals surface area contributed by atoms with Crippen LogP contribution in [-0.2, 0) is 0 Å². The van der Waals surface area contributed by atoms with Gasteiger partial charge in [0.2, 0.25) is 5.95 Å². The highest BCUT2D eigenvalue weighted by molar-refractivity contribution is 5.91. The molecule has 25 heavy (non-hydrogen) atoms. The Hall–Kier alpha value is -3.09. The molecule has 4 rings (SSSR count). The first-order chi connectivity index (χ1) is 12.2. The van der Waals surface area contributed by atoms with E-state index in [0.29, 0.717) is 35.7 Å². The fourth-order valence-corrected chi connectivity index (χ4v) is 3.13. The maximum Gasteiger partial charge on any atom is 0.289 e. The van der Waals surface area contributed by atoms with Gasteiger partial charge < -0.3 is 14.6 Å². The molecule has 0 saturated carbocycles. The summed E-state index contributed by atoms with van der Waals surface area (Å²) in [6.45, 7) is 1.27. The van der Waals surface area contributed by atoms with E-state index in [9.17, 15) is 9.59 Å². The molecule has 7 nitrogen and oxygen atoms in total. The average Bonchev–Trinajstić information content (AvgIpc) is 3.16. The first kappa shape index (κ1) is 15.4. The first-order valence-electron chi connectivity index (χ1n) is 8.29. The molecule has 1 aliphatic heterocycles. The summed E-state index contributed by atoms with van der Waals surface area (Å²) < 4.78 is 5.17. The summed E-state index contributed by atoms with van der Waals surface area (Å²) in [6, 6.07) is 10.8. The Balaban J connectivity index is 1.42. The number of nitrogens with zero attached hydrogens (tertiary/aromatic N) is 2. The highest BCUT2D eigenvalue weighted by Gasteiger charge is 2.25. The first-order valence-corrected chi connectivity index (χ1v) is 8.29. The van der Waals surface area contributed by atoms with Crippen molar-refractivity contribution in [1.82, 2.24) is 14.9 Å². The molecule has 0 unspecified atom stereocenters. The molecule has 1 saturated heterocycles. The SMILES string of the molecule is O=C(c1ccco1)N1CCC(Nc2nc3ccccc3c(=O)[nH]2)CC1. The van der Waals surface area contributed by atoms with E-state index >= 15 is 0 Å². The second-order valence-electron chi connectivity index (χ2n) is 6.12. The number of furan rings is 1. The largest absolute Gasteiger partial charge is 0.459 e. The van der Waals surface area contributed by atoms with Crippen molar-refractivity contribution in [2.75, 3.05) is 18.4 Å². The maximum atomic E-state index is 12.3. The van der Waals surface area contributed by atoms with Gasteiger partial charge in [0.1, 0.15) is 0 Å². The Morgan fingerprint density at radius 2 is 2.00 bits per heavy atom. The minimum absolute atomic E-state index is 0.0827. The number of carbonyl (C=O) groups is 1. The van der Waals surface area contributed by atoms with Crippen molar-refractivity contribution >= 4 is 22.8 Å². The van der Waals surface area contributed by atoms with Crippen LogP contribution in [0.25, 0.3) is 10.9 Å². The fraction of sp³-hybridized carbons (Fsp3) is 0.278. The molecule has 0 aliphatic carbocycles. The van der Waals surface area contributed by atoms with Gasteiger partial charge in [0.25, 0.3) is 11.5 Å². The van der Waals surface area contributed by atoms with Gasteiger partial charge in [0, 0.05) is 19.1 Å². The second kappa shape index (κ2) is 6.43. The van der Waals surface area contributed by atoms with Crippen LogP contribution in [0.3, 0.4) is 0 Å². The molecule has 7 heteroatoms. The molecule has 0 atom stereocenters. The third-order valence-corrected chi connectivity index (χ3v) is 4.47. The summed E-state index contributed by atoms with van der Waals surface area (Å²) in [6.07, 6.45) is 3.06. The molecule has 0 spiro atoms. The van der Waals surface area contributed by atoms with Crippen LogP contribution in [-0.4, -0.2) is 39.9 Å². The number of para-hydroxylation sites is 1. The minimum atomic E-state index is -0.154. The van der Waals surface area contributed by atoms with Gasteiger partial charge in [0.15, 0.2) is 5.76 Å². The van der Waals surface area contributed by atoms with Gasteiger partial charge in [-0.15, -0.1) is 0 Å². The zero-order valence-corrected chi connectivity index (χ0v) is 13.6. The second-order valence-corrected chi connectivity index (χ2v) is 6.12. The summed E-state index contributed by atoms with van der Waals surface area (Å²) in [5, 5.41) is 3.86. The van der Waals surface area contributed by atoms with Crippen molar-refractivity contribution in [1.29, 1.82) is 0 Å². The van der Waals surface area contributed by atoms with Crippen molar-refractivity contribution in [3.8, 4) is 0 Å². The lowest BCUT2D eigenvalue weighted by Crippen LogP contribution is -2.42. The lowest BCUT2D eigenvalue weighted by molar-refractivity contribution is 0.0686. The third-order valence-electron chi connectivity index (χ3n) is 4.47. The van der Waals surface area contributed by atoms with Gasteiger partial charge in [0.05, 0.1) is 17.2 Å². The van der Waals surface area contributed by atoms with Gasteiger partial charge in [-0.25, -0.2) is 4.98 Å². The highest BCUT2D eigenvalue weighted by atomic mass is 16.3. The number of H-pyrrole nitrogens is 1. The Labute approximate surface area is 143 Å². The van der Waals surface area contributed by atoms with Gasteiger partial charge in [-0.3, -0.25) is 14.6 Å². The van der Waals surface area contributed by atoms with Crippen molar-refractivity contribution in [3.63, 3.8) is 0 Å². The number of likely N-dealkylation sites (tertiary alicyclic amines) is 1. The molecular weight excluding hydrogens is 320 g/mol. The summed E-state index contributed by atoms with van der Waals surface area (Å²) in [7, 11) is 0. The smallest absolute Gasteiger partial charge is 0.289 e. The van der Waals surface area contributed by atoms with Crippen LogP contribution in [0.2, 0.25) is 0 Å². The van der Waals surface area contributed by atoms with Gasteiger partial charge >= 0.3 is 0 Å². The molecule has 2 N–H and O–H groups in total. The zero-order chi connectivity index (χ0) is 17.2. The number of aromatic nitrogens is 2. The molecule has 128 valence electrons. The van der Waals surface area contributed by atoms with Crippen LogP contribution in [0.15, 0.2) is 51.9 Å². The number of aromatic amines is 1. The predicted octanol–water partition coefficient (Wildman–Crippen LogP) is 2.23. The average molecular weight is 338 g/mol. The Kier molecular flexibility index (Phi) is 3.97. The summed E-state index contributed by atoms with van der Waals surface area (Å²) >= 11 is 0. The molecule has 1 aromatic carbocycles. The number of hydrogen-bond donors (Lipinski definition) is 2. The molecule has 0 radical (unpaired) electrons. The van der Waals surface area contributed by atoms with Crippen LogP contribution in [0.5, 0.6) is 0 Å². The maximum absolute atomic E-state index is 12.3. The van der Waals surface area contributed by atoms with E-state index in [1.54, 1.807) is 23.1 Å². The zero-order valence-electron chi connectivity index (χ0n) is 13.6.